The van der Waals surface area contributed by atoms with E-state index < -0.39 is 5.60 Å². The van der Waals surface area contributed by atoms with Crippen LogP contribution in [0.25, 0.3) is 0 Å². The molecule has 0 aliphatic carbocycles. The van der Waals surface area contributed by atoms with Gasteiger partial charge in [0.05, 0.1) is 5.71 Å². The van der Waals surface area contributed by atoms with E-state index >= 15 is 0 Å². The smallest absolute Gasteiger partial charge is 0.269 e. The van der Waals surface area contributed by atoms with Crippen LogP contribution in [0.4, 0.5) is 0 Å². The van der Waals surface area contributed by atoms with E-state index in [-0.39, 0.29) is 23.1 Å². The van der Waals surface area contributed by atoms with Gasteiger partial charge in [0.1, 0.15) is 0 Å². The van der Waals surface area contributed by atoms with Crippen LogP contribution in [0.15, 0.2) is 59.8 Å². The highest BCUT2D eigenvalue weighted by Crippen LogP contribution is 2.49. The Hall–Kier alpha value is -2.86. The second-order valence-electron chi connectivity index (χ2n) is 9.62. The van der Waals surface area contributed by atoms with Crippen molar-refractivity contribution in [3.63, 3.8) is 0 Å². The molecule has 2 saturated heterocycles. The zero-order valence-electron chi connectivity index (χ0n) is 18.7. The molecule has 1 spiro atoms. The van der Waals surface area contributed by atoms with Gasteiger partial charge >= 0.3 is 0 Å². The molecule has 2 atom stereocenters. The summed E-state index contributed by atoms with van der Waals surface area (Å²) < 4.78 is 0. The number of amides is 2. The van der Waals surface area contributed by atoms with Crippen LogP contribution in [0.2, 0.25) is 5.02 Å². The van der Waals surface area contributed by atoms with Crippen LogP contribution in [0, 0.1) is 5.41 Å². The monoisotopic (exact) mass is 465 g/mol. The van der Waals surface area contributed by atoms with Crippen LogP contribution in [-0.4, -0.2) is 47.7 Å². The normalized spacial score (nSPS) is 26.5. The molecule has 7 heteroatoms. The first kappa shape index (κ1) is 22.0. The van der Waals surface area contributed by atoms with Crippen LogP contribution in [-0.2, 0) is 14.4 Å². The number of nitrogens with zero attached hydrogens (tertiary/aromatic N) is 2. The SMILES string of the molecule is C[C@]1(C(=O)N2CCC3(CC2)CC(=O)NC[C@H]3c2ccccc2)CC(c2ccccc2Cl)=NO1. The van der Waals surface area contributed by atoms with Gasteiger partial charge in [0.25, 0.3) is 5.91 Å². The standard InChI is InChI=1S/C26H28ClN3O3/c1-25(15-22(29-33-25)19-9-5-6-10-21(19)27)24(32)30-13-11-26(12-14-30)16-23(31)28-17-20(26)18-7-3-2-4-8-18/h2-10,20H,11-17H2,1H3,(H,28,31)/t20-,25+/m0/s1. The van der Waals surface area contributed by atoms with Gasteiger partial charge in [-0.2, -0.15) is 0 Å². The molecule has 2 amide bonds. The number of oxime groups is 1. The van der Waals surface area contributed by atoms with Gasteiger partial charge in [-0.15, -0.1) is 0 Å². The highest BCUT2D eigenvalue weighted by Gasteiger charge is 2.50. The minimum atomic E-state index is -1.04. The predicted octanol–water partition coefficient (Wildman–Crippen LogP) is 4.14. The lowest BCUT2D eigenvalue weighted by atomic mass is 9.62. The fourth-order valence-corrected chi connectivity index (χ4v) is 5.85. The van der Waals surface area contributed by atoms with Crippen LogP contribution in [0.3, 0.4) is 0 Å². The molecule has 5 rings (SSSR count). The molecule has 0 saturated carbocycles. The third-order valence-corrected chi connectivity index (χ3v) is 7.83. The van der Waals surface area contributed by atoms with E-state index in [1.54, 1.807) is 6.92 Å². The second-order valence-corrected chi connectivity index (χ2v) is 10.0. The number of benzene rings is 2. The number of hydrogen-bond acceptors (Lipinski definition) is 4. The van der Waals surface area contributed by atoms with Gasteiger partial charge in [-0.05, 0) is 36.8 Å². The Balaban J connectivity index is 1.29. The number of hydrogen-bond donors (Lipinski definition) is 1. The fraction of sp³-hybridized carbons (Fsp3) is 0.423. The molecule has 0 aromatic heterocycles. The molecule has 1 N–H and O–H groups in total. The molecule has 0 unspecified atom stereocenters. The third-order valence-electron chi connectivity index (χ3n) is 7.50. The molecule has 2 fully saturated rings. The first-order valence-corrected chi connectivity index (χ1v) is 11.9. The minimum Gasteiger partial charge on any atom is -0.379 e. The lowest BCUT2D eigenvalue weighted by Crippen LogP contribution is -2.56. The predicted molar refractivity (Wildman–Crippen MR) is 127 cm³/mol. The zero-order valence-corrected chi connectivity index (χ0v) is 19.5. The maximum absolute atomic E-state index is 13.5. The zero-order chi connectivity index (χ0) is 23.1. The van der Waals surface area contributed by atoms with Gasteiger partial charge in [0.15, 0.2) is 0 Å². The summed E-state index contributed by atoms with van der Waals surface area (Å²) in [7, 11) is 0. The van der Waals surface area contributed by atoms with Gasteiger partial charge in [-0.1, -0.05) is 65.3 Å². The van der Waals surface area contributed by atoms with Crippen molar-refractivity contribution in [1.82, 2.24) is 10.2 Å². The number of likely N-dealkylation sites (tertiary alicyclic amines) is 1. The quantitative estimate of drug-likeness (QED) is 0.740. The maximum atomic E-state index is 13.5. The molecule has 2 aromatic carbocycles. The summed E-state index contributed by atoms with van der Waals surface area (Å²) in [5, 5.41) is 7.86. The Bertz CT molecular complexity index is 1090. The van der Waals surface area contributed by atoms with Crippen molar-refractivity contribution in [2.45, 2.75) is 44.1 Å². The molecular weight excluding hydrogens is 438 g/mol. The number of rotatable bonds is 3. The maximum Gasteiger partial charge on any atom is 0.269 e. The third kappa shape index (κ3) is 4.01. The van der Waals surface area contributed by atoms with Gasteiger partial charge in [0, 0.05) is 49.0 Å². The summed E-state index contributed by atoms with van der Waals surface area (Å²) in [4.78, 5) is 33.4. The summed E-state index contributed by atoms with van der Waals surface area (Å²) in [5.41, 5.74) is 1.57. The van der Waals surface area contributed by atoms with Gasteiger partial charge in [-0.25, -0.2) is 0 Å². The van der Waals surface area contributed by atoms with Crippen LogP contribution < -0.4 is 5.32 Å². The average molecular weight is 466 g/mol. The number of nitrogens with one attached hydrogen (secondary N) is 1. The number of carbonyl (C=O) groups excluding carboxylic acids is 2. The van der Waals surface area contributed by atoms with E-state index in [1.807, 2.05) is 47.4 Å². The Morgan fingerprint density at radius 2 is 1.79 bits per heavy atom. The Kier molecular flexibility index (Phi) is 5.65. The van der Waals surface area contributed by atoms with Gasteiger partial charge in [-0.3, -0.25) is 9.59 Å². The van der Waals surface area contributed by atoms with Crippen molar-refractivity contribution in [2.24, 2.45) is 10.6 Å². The lowest BCUT2D eigenvalue weighted by molar-refractivity contribution is -0.156. The van der Waals surface area contributed by atoms with Crippen LogP contribution >= 0.6 is 11.6 Å². The fourth-order valence-electron chi connectivity index (χ4n) is 5.60. The number of halogens is 1. The molecular formula is C26H28ClN3O3. The second kappa shape index (κ2) is 8.49. The Morgan fingerprint density at radius 1 is 1.09 bits per heavy atom. The first-order chi connectivity index (χ1) is 15.9. The highest BCUT2D eigenvalue weighted by molar-refractivity contribution is 6.34. The van der Waals surface area contributed by atoms with E-state index in [4.69, 9.17) is 16.4 Å². The molecule has 0 bridgehead atoms. The summed E-state index contributed by atoms with van der Waals surface area (Å²) in [5.74, 6) is 0.299. The molecule has 2 aromatic rings. The summed E-state index contributed by atoms with van der Waals surface area (Å²) in [6.07, 6.45) is 2.47. The lowest BCUT2D eigenvalue weighted by Gasteiger charge is -2.49. The first-order valence-electron chi connectivity index (χ1n) is 11.5. The molecule has 3 heterocycles. The van der Waals surface area contributed by atoms with Crippen molar-refractivity contribution in [1.29, 1.82) is 0 Å². The molecule has 3 aliphatic rings. The largest absolute Gasteiger partial charge is 0.379 e. The van der Waals surface area contributed by atoms with Crippen molar-refractivity contribution < 1.29 is 14.4 Å². The van der Waals surface area contributed by atoms with Crippen molar-refractivity contribution in [2.75, 3.05) is 19.6 Å². The van der Waals surface area contributed by atoms with Crippen molar-refractivity contribution >= 4 is 29.1 Å². The van der Waals surface area contributed by atoms with Crippen molar-refractivity contribution in [3.8, 4) is 0 Å². The van der Waals surface area contributed by atoms with E-state index in [1.165, 1.54) is 5.56 Å². The van der Waals surface area contributed by atoms with E-state index in [0.29, 0.717) is 43.2 Å². The van der Waals surface area contributed by atoms with Gasteiger partial charge < -0.3 is 15.1 Å². The van der Waals surface area contributed by atoms with Crippen LogP contribution in [0.5, 0.6) is 0 Å². The van der Waals surface area contributed by atoms with E-state index in [2.05, 4.69) is 22.6 Å². The average Bonchev–Trinajstić information content (AvgIpc) is 3.23. The van der Waals surface area contributed by atoms with E-state index in [9.17, 15) is 9.59 Å². The molecule has 0 radical (unpaired) electrons. The number of carbonyl (C=O) groups is 2. The Morgan fingerprint density at radius 3 is 2.52 bits per heavy atom. The molecule has 172 valence electrons. The minimum absolute atomic E-state index is 0.0559. The summed E-state index contributed by atoms with van der Waals surface area (Å²) >= 11 is 6.32. The van der Waals surface area contributed by atoms with Gasteiger partial charge in [0.2, 0.25) is 11.5 Å². The summed E-state index contributed by atoms with van der Waals surface area (Å²) in [6, 6.07) is 17.9. The number of piperidine rings is 2. The molecule has 33 heavy (non-hydrogen) atoms. The molecule has 3 aliphatic heterocycles. The highest BCUT2D eigenvalue weighted by atomic mass is 35.5. The van der Waals surface area contributed by atoms with E-state index in [0.717, 1.165) is 18.4 Å². The summed E-state index contributed by atoms with van der Waals surface area (Å²) in [6.45, 7) is 3.66. The Labute approximate surface area is 198 Å². The van der Waals surface area contributed by atoms with Crippen LogP contribution in [0.1, 0.15) is 49.7 Å². The molecule has 6 nitrogen and oxygen atoms in total. The van der Waals surface area contributed by atoms with Crippen molar-refractivity contribution in [3.05, 3.63) is 70.7 Å². The topological polar surface area (TPSA) is 71.0 Å².